The van der Waals surface area contributed by atoms with Gasteiger partial charge in [0.1, 0.15) is 0 Å². The molecule has 128 valence electrons. The van der Waals surface area contributed by atoms with E-state index in [0.717, 1.165) is 29.7 Å². The summed E-state index contributed by atoms with van der Waals surface area (Å²) in [4.78, 5) is 18.5. The number of nitrogens with zero attached hydrogens (tertiary/aromatic N) is 3. The fourth-order valence-electron chi connectivity index (χ4n) is 2.80. The predicted molar refractivity (Wildman–Crippen MR) is 102 cm³/mol. The first-order valence-corrected chi connectivity index (χ1v) is 8.45. The van der Waals surface area contributed by atoms with Crippen molar-refractivity contribution < 1.29 is 0 Å². The van der Waals surface area contributed by atoms with Gasteiger partial charge in [-0.25, -0.2) is 0 Å². The molecule has 4 heteroatoms. The minimum Gasteiger partial charge on any atom is -0.310 e. The molecule has 0 unspecified atom stereocenters. The molecule has 0 amide bonds. The van der Waals surface area contributed by atoms with E-state index < -0.39 is 0 Å². The number of aromatic nitrogens is 2. The van der Waals surface area contributed by atoms with Crippen LogP contribution in [0.2, 0.25) is 0 Å². The van der Waals surface area contributed by atoms with Gasteiger partial charge < -0.3 is 9.47 Å². The van der Waals surface area contributed by atoms with E-state index in [-0.39, 0.29) is 5.56 Å². The second-order valence-electron chi connectivity index (χ2n) is 6.49. The summed E-state index contributed by atoms with van der Waals surface area (Å²) in [6, 6.07) is 15.9. The van der Waals surface area contributed by atoms with Gasteiger partial charge in [0.2, 0.25) is 0 Å². The first-order chi connectivity index (χ1) is 12.1. The van der Waals surface area contributed by atoms with E-state index in [1.165, 1.54) is 5.56 Å². The molecule has 0 radical (unpaired) electrons. The van der Waals surface area contributed by atoms with Crippen LogP contribution < -0.4 is 5.56 Å². The molecule has 0 aliphatic rings. The largest absolute Gasteiger partial charge is 0.310 e. The van der Waals surface area contributed by atoms with Gasteiger partial charge in [0.05, 0.1) is 6.54 Å². The monoisotopic (exact) mass is 333 g/mol. The Kier molecular flexibility index (Phi) is 5.41. The van der Waals surface area contributed by atoms with Gasteiger partial charge in [-0.1, -0.05) is 24.3 Å². The molecule has 2 aromatic heterocycles. The van der Waals surface area contributed by atoms with E-state index in [9.17, 15) is 4.79 Å². The van der Waals surface area contributed by atoms with Crippen LogP contribution in [-0.2, 0) is 13.0 Å². The third kappa shape index (κ3) is 4.64. The smallest absolute Gasteiger partial charge is 0.250 e. The molecular formula is C21H23N3O. The van der Waals surface area contributed by atoms with Crippen molar-refractivity contribution in [2.75, 3.05) is 20.6 Å². The number of likely N-dealkylation sites (N-methyl/N-ethyl adjacent to an activating group) is 1. The molecule has 0 spiro atoms. The lowest BCUT2D eigenvalue weighted by Gasteiger charge is -2.12. The lowest BCUT2D eigenvalue weighted by Crippen LogP contribution is -2.19. The van der Waals surface area contributed by atoms with E-state index >= 15 is 0 Å². The summed E-state index contributed by atoms with van der Waals surface area (Å²) in [5, 5.41) is 0. The highest BCUT2D eigenvalue weighted by Crippen LogP contribution is 2.17. The van der Waals surface area contributed by atoms with Gasteiger partial charge in [-0.05, 0) is 61.0 Å². The molecule has 25 heavy (non-hydrogen) atoms. The molecule has 4 nitrogen and oxygen atoms in total. The van der Waals surface area contributed by atoms with Crippen molar-refractivity contribution >= 4 is 0 Å². The maximum Gasteiger partial charge on any atom is 0.250 e. The van der Waals surface area contributed by atoms with E-state index in [2.05, 4.69) is 48.2 Å². The average Bonchev–Trinajstić information content (AvgIpc) is 2.63. The Bertz CT molecular complexity index is 885. The van der Waals surface area contributed by atoms with E-state index in [4.69, 9.17) is 0 Å². The summed E-state index contributed by atoms with van der Waals surface area (Å²) >= 11 is 0. The summed E-state index contributed by atoms with van der Waals surface area (Å²) in [6.45, 7) is 1.59. The van der Waals surface area contributed by atoms with Gasteiger partial charge in [0.25, 0.3) is 5.56 Å². The van der Waals surface area contributed by atoms with Crippen LogP contribution in [0.1, 0.15) is 11.1 Å². The van der Waals surface area contributed by atoms with Crippen LogP contribution in [0, 0.1) is 0 Å². The summed E-state index contributed by atoms with van der Waals surface area (Å²) in [5.41, 5.74) is 4.53. The topological polar surface area (TPSA) is 38.1 Å². The van der Waals surface area contributed by atoms with Crippen molar-refractivity contribution in [1.82, 2.24) is 14.5 Å². The lowest BCUT2D eigenvalue weighted by molar-refractivity contribution is 0.413. The molecule has 3 rings (SSSR count). The molecule has 0 bridgehead atoms. The van der Waals surface area contributed by atoms with Crippen LogP contribution in [0.25, 0.3) is 11.1 Å². The Morgan fingerprint density at radius 1 is 0.960 bits per heavy atom. The maximum atomic E-state index is 12.3. The highest BCUT2D eigenvalue weighted by molar-refractivity contribution is 5.61. The van der Waals surface area contributed by atoms with Crippen molar-refractivity contribution in [2.45, 2.75) is 13.0 Å². The number of benzene rings is 1. The predicted octanol–water partition coefficient (Wildman–Crippen LogP) is 3.06. The molecular weight excluding hydrogens is 310 g/mol. The number of pyridine rings is 2. The Labute approximate surface area is 148 Å². The summed E-state index contributed by atoms with van der Waals surface area (Å²) in [7, 11) is 4.15. The second-order valence-corrected chi connectivity index (χ2v) is 6.49. The molecule has 0 atom stereocenters. The fourth-order valence-corrected chi connectivity index (χ4v) is 2.80. The highest BCUT2D eigenvalue weighted by Gasteiger charge is 2.04. The van der Waals surface area contributed by atoms with Gasteiger partial charge in [-0.3, -0.25) is 9.78 Å². The first-order valence-electron chi connectivity index (χ1n) is 8.45. The minimum absolute atomic E-state index is 0.0106. The third-order valence-corrected chi connectivity index (χ3v) is 4.19. The summed E-state index contributed by atoms with van der Waals surface area (Å²) in [5.74, 6) is 0. The Hall–Kier alpha value is -2.72. The first kappa shape index (κ1) is 17.1. The van der Waals surface area contributed by atoms with Gasteiger partial charge in [-0.2, -0.15) is 0 Å². The summed E-state index contributed by atoms with van der Waals surface area (Å²) < 4.78 is 1.76. The van der Waals surface area contributed by atoms with E-state index in [1.54, 1.807) is 23.0 Å². The maximum absolute atomic E-state index is 12.3. The number of rotatable bonds is 6. The zero-order chi connectivity index (χ0) is 17.6. The van der Waals surface area contributed by atoms with Crippen LogP contribution >= 0.6 is 0 Å². The lowest BCUT2D eigenvalue weighted by atomic mass is 10.1. The molecule has 0 saturated heterocycles. The van der Waals surface area contributed by atoms with Crippen molar-refractivity contribution in [2.24, 2.45) is 0 Å². The number of hydrogen-bond acceptors (Lipinski definition) is 3. The van der Waals surface area contributed by atoms with Crippen LogP contribution in [0.4, 0.5) is 0 Å². The SMILES string of the molecule is CN(C)CCc1cccc(Cn2cc(-c3ccncc3)ccc2=O)c1. The molecule has 0 N–H and O–H groups in total. The molecule has 0 saturated carbocycles. The van der Waals surface area contributed by atoms with E-state index in [0.29, 0.717) is 6.54 Å². The zero-order valence-corrected chi connectivity index (χ0v) is 14.7. The highest BCUT2D eigenvalue weighted by atomic mass is 16.1. The van der Waals surface area contributed by atoms with E-state index in [1.807, 2.05) is 24.4 Å². The summed E-state index contributed by atoms with van der Waals surface area (Å²) in [6.07, 6.45) is 6.45. The van der Waals surface area contributed by atoms with Crippen molar-refractivity contribution in [3.63, 3.8) is 0 Å². The Balaban J connectivity index is 1.83. The van der Waals surface area contributed by atoms with Crippen molar-refractivity contribution in [1.29, 1.82) is 0 Å². The van der Waals surface area contributed by atoms with Gasteiger partial charge in [-0.15, -0.1) is 0 Å². The van der Waals surface area contributed by atoms with Crippen LogP contribution in [0.3, 0.4) is 0 Å². The molecule has 0 aliphatic heterocycles. The van der Waals surface area contributed by atoms with Gasteiger partial charge in [0, 0.05) is 31.2 Å². The van der Waals surface area contributed by atoms with Crippen LogP contribution in [0.5, 0.6) is 0 Å². The minimum atomic E-state index is 0.0106. The molecule has 0 fully saturated rings. The van der Waals surface area contributed by atoms with Crippen LogP contribution in [-0.4, -0.2) is 35.1 Å². The third-order valence-electron chi connectivity index (χ3n) is 4.19. The standard InChI is InChI=1S/C21H23N3O/c1-23(2)13-10-17-4-3-5-18(14-17)15-24-16-20(6-7-21(24)25)19-8-11-22-12-9-19/h3-9,11-12,14,16H,10,13,15H2,1-2H3. The Morgan fingerprint density at radius 2 is 1.72 bits per heavy atom. The molecule has 3 aromatic rings. The molecule has 2 heterocycles. The molecule has 0 aliphatic carbocycles. The van der Waals surface area contributed by atoms with Crippen LogP contribution in [0.15, 0.2) is 71.9 Å². The van der Waals surface area contributed by atoms with Gasteiger partial charge >= 0.3 is 0 Å². The van der Waals surface area contributed by atoms with Crippen molar-refractivity contribution in [3.05, 3.63) is 88.6 Å². The average molecular weight is 333 g/mol. The fraction of sp³-hybridized carbons (Fsp3) is 0.238. The second kappa shape index (κ2) is 7.90. The molecule has 1 aromatic carbocycles. The quantitative estimate of drug-likeness (QED) is 0.696. The zero-order valence-electron chi connectivity index (χ0n) is 14.7. The number of hydrogen-bond donors (Lipinski definition) is 0. The normalized spacial score (nSPS) is 11.0. The van der Waals surface area contributed by atoms with Gasteiger partial charge in [0.15, 0.2) is 0 Å². The Morgan fingerprint density at radius 3 is 2.48 bits per heavy atom. The van der Waals surface area contributed by atoms with Crippen molar-refractivity contribution in [3.8, 4) is 11.1 Å².